The van der Waals surface area contributed by atoms with Gasteiger partial charge in [-0.05, 0) is 49.9 Å². The zero-order valence-corrected chi connectivity index (χ0v) is 19.2. The molecule has 1 saturated carbocycles. The first-order valence-electron chi connectivity index (χ1n) is 10.5. The largest absolute Gasteiger partial charge is 0.486 e. The molecule has 2 N–H and O–H groups in total. The van der Waals surface area contributed by atoms with Gasteiger partial charge in [-0.3, -0.25) is 9.59 Å². The summed E-state index contributed by atoms with van der Waals surface area (Å²) in [4.78, 5) is 24.1. The smallest absolute Gasteiger partial charge is 0.258 e. The van der Waals surface area contributed by atoms with E-state index in [0.717, 1.165) is 37.8 Å². The van der Waals surface area contributed by atoms with Gasteiger partial charge in [0, 0.05) is 24.2 Å². The summed E-state index contributed by atoms with van der Waals surface area (Å²) >= 11 is 11.2. The third kappa shape index (κ3) is 8.14. The molecular formula is C23H24Cl2F2N2O4. The van der Waals surface area contributed by atoms with Gasteiger partial charge in [0.1, 0.15) is 29.7 Å². The molecule has 0 heterocycles. The maximum atomic E-state index is 13.4. The Balaban J connectivity index is 1.29. The van der Waals surface area contributed by atoms with E-state index in [9.17, 15) is 18.4 Å². The van der Waals surface area contributed by atoms with Crippen LogP contribution in [0.25, 0.3) is 0 Å². The molecule has 1 aliphatic carbocycles. The number of carbonyl (C=O) groups is 2. The van der Waals surface area contributed by atoms with Crippen molar-refractivity contribution in [3.8, 4) is 11.5 Å². The number of nitrogens with one attached hydrogen (secondary N) is 2. The Morgan fingerprint density at radius 1 is 0.848 bits per heavy atom. The van der Waals surface area contributed by atoms with Crippen LogP contribution in [0.15, 0.2) is 36.4 Å². The topological polar surface area (TPSA) is 76.7 Å². The molecule has 0 bridgehead atoms. The molecule has 0 spiro atoms. The van der Waals surface area contributed by atoms with Gasteiger partial charge >= 0.3 is 0 Å². The molecule has 2 aromatic carbocycles. The molecule has 1 fully saturated rings. The molecule has 2 aromatic rings. The number of hydrogen-bond acceptors (Lipinski definition) is 5. The number of hydrogen-bond donors (Lipinski definition) is 2. The Hall–Kier alpha value is -2.42. The van der Waals surface area contributed by atoms with E-state index in [-0.39, 0.29) is 65.1 Å². The molecule has 0 aromatic heterocycles. The van der Waals surface area contributed by atoms with E-state index in [1.54, 1.807) is 0 Å². The number of halogens is 4. The summed E-state index contributed by atoms with van der Waals surface area (Å²) in [6.45, 7) is -0.245. The van der Waals surface area contributed by atoms with Gasteiger partial charge < -0.3 is 20.1 Å². The van der Waals surface area contributed by atoms with Gasteiger partial charge in [-0.25, -0.2) is 8.78 Å². The van der Waals surface area contributed by atoms with Crippen molar-refractivity contribution < 1.29 is 27.8 Å². The highest BCUT2D eigenvalue weighted by Gasteiger charge is 2.23. The predicted molar refractivity (Wildman–Crippen MR) is 121 cm³/mol. The zero-order chi connectivity index (χ0) is 23.8. The SMILES string of the molecule is O=C(CNC1CCC(NC(=O)COc2ccc(Cl)c(F)c2)CC1)COc1ccc(Cl)c(F)c1. The number of rotatable bonds is 10. The van der Waals surface area contributed by atoms with E-state index in [1.165, 1.54) is 24.3 Å². The minimum atomic E-state index is -0.607. The van der Waals surface area contributed by atoms with Crippen molar-refractivity contribution in [2.75, 3.05) is 19.8 Å². The molecule has 6 nitrogen and oxygen atoms in total. The molecule has 178 valence electrons. The Morgan fingerprint density at radius 2 is 1.36 bits per heavy atom. The first kappa shape index (κ1) is 25.2. The lowest BCUT2D eigenvalue weighted by Gasteiger charge is -2.29. The molecule has 3 rings (SSSR count). The molecule has 1 amide bonds. The summed E-state index contributed by atoms with van der Waals surface area (Å²) in [6.07, 6.45) is 3.11. The van der Waals surface area contributed by atoms with Crippen LogP contribution in [-0.2, 0) is 9.59 Å². The van der Waals surface area contributed by atoms with Crippen LogP contribution in [-0.4, -0.2) is 43.5 Å². The summed E-state index contributed by atoms with van der Waals surface area (Å²) in [5, 5.41) is 6.09. The Kier molecular flexibility index (Phi) is 9.29. The monoisotopic (exact) mass is 500 g/mol. The summed E-state index contributed by atoms with van der Waals surface area (Å²) in [6, 6.07) is 8.17. The van der Waals surface area contributed by atoms with Gasteiger partial charge in [0.2, 0.25) is 0 Å². The summed E-state index contributed by atoms with van der Waals surface area (Å²) < 4.78 is 37.4. The molecule has 0 radical (unpaired) electrons. The second-order valence-corrected chi connectivity index (χ2v) is 8.58. The van der Waals surface area contributed by atoms with Crippen LogP contribution in [0.4, 0.5) is 8.78 Å². The number of benzene rings is 2. The van der Waals surface area contributed by atoms with Crippen LogP contribution in [0.2, 0.25) is 10.0 Å². The minimum Gasteiger partial charge on any atom is -0.486 e. The standard InChI is InChI=1S/C23H24Cl2F2N2O4/c24-19-7-5-17(9-21(19)26)32-12-16(30)11-28-14-1-3-15(4-2-14)29-23(31)13-33-18-6-8-20(25)22(27)10-18/h5-10,14-15,28H,1-4,11-13H2,(H,29,31). The van der Waals surface area contributed by atoms with Crippen molar-refractivity contribution in [2.45, 2.75) is 37.8 Å². The number of amides is 1. The molecule has 0 saturated heterocycles. The summed E-state index contributed by atoms with van der Waals surface area (Å²) in [7, 11) is 0. The van der Waals surface area contributed by atoms with Gasteiger partial charge in [0.25, 0.3) is 5.91 Å². The Morgan fingerprint density at radius 3 is 1.91 bits per heavy atom. The van der Waals surface area contributed by atoms with Crippen molar-refractivity contribution in [2.24, 2.45) is 0 Å². The van der Waals surface area contributed by atoms with Crippen molar-refractivity contribution in [1.82, 2.24) is 10.6 Å². The van der Waals surface area contributed by atoms with Gasteiger partial charge in [-0.2, -0.15) is 0 Å². The third-order valence-corrected chi connectivity index (χ3v) is 5.85. The quantitative estimate of drug-likeness (QED) is 0.508. The molecule has 10 heteroatoms. The predicted octanol–water partition coefficient (Wildman–Crippen LogP) is 4.32. The molecule has 1 aliphatic rings. The average Bonchev–Trinajstić information content (AvgIpc) is 2.80. The highest BCUT2D eigenvalue weighted by molar-refractivity contribution is 6.31. The Labute approximate surface area is 200 Å². The highest BCUT2D eigenvalue weighted by atomic mass is 35.5. The summed E-state index contributed by atoms with van der Waals surface area (Å²) in [5.41, 5.74) is 0. The molecule has 0 aliphatic heterocycles. The van der Waals surface area contributed by atoms with Crippen molar-refractivity contribution in [3.05, 3.63) is 58.1 Å². The van der Waals surface area contributed by atoms with Gasteiger partial charge in [-0.1, -0.05) is 23.2 Å². The fourth-order valence-electron chi connectivity index (χ4n) is 3.47. The highest BCUT2D eigenvalue weighted by Crippen LogP contribution is 2.22. The zero-order valence-electron chi connectivity index (χ0n) is 17.7. The van der Waals surface area contributed by atoms with E-state index < -0.39 is 11.6 Å². The average molecular weight is 501 g/mol. The van der Waals surface area contributed by atoms with E-state index in [2.05, 4.69) is 10.6 Å². The summed E-state index contributed by atoms with van der Waals surface area (Å²) in [5.74, 6) is -1.18. The molecule has 33 heavy (non-hydrogen) atoms. The fraction of sp³-hybridized carbons (Fsp3) is 0.391. The van der Waals surface area contributed by atoms with Crippen LogP contribution in [0.3, 0.4) is 0 Å². The molecule has 0 unspecified atom stereocenters. The van der Waals surface area contributed by atoms with E-state index >= 15 is 0 Å². The second kappa shape index (κ2) is 12.2. The van der Waals surface area contributed by atoms with Crippen molar-refractivity contribution in [3.63, 3.8) is 0 Å². The van der Waals surface area contributed by atoms with Crippen LogP contribution in [0, 0.1) is 11.6 Å². The third-order valence-electron chi connectivity index (χ3n) is 5.23. The van der Waals surface area contributed by atoms with Crippen LogP contribution >= 0.6 is 23.2 Å². The van der Waals surface area contributed by atoms with E-state index in [1.807, 2.05) is 0 Å². The van der Waals surface area contributed by atoms with E-state index in [4.69, 9.17) is 32.7 Å². The second-order valence-electron chi connectivity index (χ2n) is 7.76. The number of carbonyl (C=O) groups excluding carboxylic acids is 2. The first-order valence-corrected chi connectivity index (χ1v) is 11.3. The number of Topliss-reactive ketones (excluding diaryl/α,β-unsaturated/α-hetero) is 1. The minimum absolute atomic E-state index is 0.00777. The lowest BCUT2D eigenvalue weighted by atomic mass is 9.91. The maximum Gasteiger partial charge on any atom is 0.258 e. The molecule has 0 atom stereocenters. The van der Waals surface area contributed by atoms with Crippen molar-refractivity contribution >= 4 is 34.9 Å². The normalized spacial score (nSPS) is 17.9. The lowest BCUT2D eigenvalue weighted by Crippen LogP contribution is -2.44. The fourth-order valence-corrected chi connectivity index (χ4v) is 3.70. The van der Waals surface area contributed by atoms with Gasteiger partial charge in [-0.15, -0.1) is 0 Å². The van der Waals surface area contributed by atoms with Crippen LogP contribution < -0.4 is 20.1 Å². The molecular weight excluding hydrogens is 477 g/mol. The van der Waals surface area contributed by atoms with E-state index in [0.29, 0.717) is 0 Å². The Bertz CT molecular complexity index is 985. The van der Waals surface area contributed by atoms with Crippen LogP contribution in [0.5, 0.6) is 11.5 Å². The van der Waals surface area contributed by atoms with Crippen molar-refractivity contribution in [1.29, 1.82) is 0 Å². The maximum absolute atomic E-state index is 13.4. The van der Waals surface area contributed by atoms with Crippen LogP contribution in [0.1, 0.15) is 25.7 Å². The van der Waals surface area contributed by atoms with Gasteiger partial charge in [0.05, 0.1) is 16.6 Å². The van der Waals surface area contributed by atoms with Gasteiger partial charge in [0.15, 0.2) is 12.4 Å². The first-order chi connectivity index (χ1) is 15.8. The lowest BCUT2D eigenvalue weighted by molar-refractivity contribution is -0.124. The number of ether oxygens (including phenoxy) is 2. The number of ketones is 1.